The third-order valence-electron chi connectivity index (χ3n) is 4.41. The fourth-order valence-electron chi connectivity index (χ4n) is 2.84. The second kappa shape index (κ2) is 19.2. The Labute approximate surface area is 153 Å². The summed E-state index contributed by atoms with van der Waals surface area (Å²) >= 11 is 0. The van der Waals surface area contributed by atoms with Gasteiger partial charge < -0.3 is 9.94 Å². The summed E-state index contributed by atoms with van der Waals surface area (Å²) in [5.74, 6) is -1.15. The topological polar surface area (TPSA) is 75.6 Å². The monoisotopic (exact) mass is 357 g/mol. The molecule has 0 aliphatic rings. The van der Waals surface area contributed by atoms with Gasteiger partial charge in [0.1, 0.15) is 6.61 Å². The van der Waals surface area contributed by atoms with Crippen molar-refractivity contribution < 1.29 is 19.5 Å². The first-order chi connectivity index (χ1) is 12.2. The second-order valence-corrected chi connectivity index (χ2v) is 6.86. The fraction of sp³-hybridized carbons (Fsp3) is 0.900. The van der Waals surface area contributed by atoms with Gasteiger partial charge in [0.15, 0.2) is 0 Å². The summed E-state index contributed by atoms with van der Waals surface area (Å²) in [5, 5.41) is 8.46. The van der Waals surface area contributed by atoms with Crippen LogP contribution >= 0.6 is 0 Å². The zero-order valence-corrected chi connectivity index (χ0v) is 16.2. The van der Waals surface area contributed by atoms with E-state index in [4.69, 9.17) is 5.11 Å². The molecule has 0 aromatic heterocycles. The Kier molecular flexibility index (Phi) is 18.4. The number of aliphatic hydroxyl groups is 1. The highest BCUT2D eigenvalue weighted by Crippen LogP contribution is 2.13. The molecule has 0 rings (SSSR count). The lowest BCUT2D eigenvalue weighted by Gasteiger charge is -2.04. The maximum atomic E-state index is 11.3. The Balaban J connectivity index is 3.14. The number of hydroxylamine groups is 1. The van der Waals surface area contributed by atoms with E-state index >= 15 is 0 Å². The van der Waals surface area contributed by atoms with Crippen molar-refractivity contribution in [3.05, 3.63) is 0 Å². The van der Waals surface area contributed by atoms with E-state index < -0.39 is 18.5 Å². The first-order valence-electron chi connectivity index (χ1n) is 10.3. The van der Waals surface area contributed by atoms with Crippen molar-refractivity contribution >= 4 is 11.9 Å². The highest BCUT2D eigenvalue weighted by molar-refractivity contribution is 5.78. The Morgan fingerprint density at radius 2 is 1.12 bits per heavy atom. The summed E-state index contributed by atoms with van der Waals surface area (Å²) in [7, 11) is 0. The van der Waals surface area contributed by atoms with Gasteiger partial charge in [-0.2, -0.15) is 5.48 Å². The number of aliphatic hydroxyl groups excluding tert-OH is 1. The molecule has 148 valence electrons. The second-order valence-electron chi connectivity index (χ2n) is 6.86. The van der Waals surface area contributed by atoms with Crippen LogP contribution in [0, 0.1) is 0 Å². The van der Waals surface area contributed by atoms with Crippen LogP contribution in [-0.4, -0.2) is 23.6 Å². The maximum Gasteiger partial charge on any atom is 0.332 e. The largest absolute Gasteiger partial charge is 0.386 e. The standard InChI is InChI=1S/C20H39NO4/c1-2-3-4-5-6-7-8-9-10-11-12-13-14-15-16-17-20(24)25-21-19(23)18-22/h22H,2-18H2,1H3,(H,21,23). The van der Waals surface area contributed by atoms with E-state index in [-0.39, 0.29) is 0 Å². The summed E-state index contributed by atoms with van der Waals surface area (Å²) in [4.78, 5) is 26.5. The van der Waals surface area contributed by atoms with Gasteiger partial charge in [0.25, 0.3) is 5.91 Å². The molecule has 0 atom stereocenters. The maximum absolute atomic E-state index is 11.3. The van der Waals surface area contributed by atoms with Crippen molar-refractivity contribution in [2.45, 2.75) is 110 Å². The van der Waals surface area contributed by atoms with Crippen LogP contribution in [0.5, 0.6) is 0 Å². The molecule has 0 aromatic rings. The summed E-state index contributed by atoms with van der Waals surface area (Å²) in [6, 6.07) is 0. The van der Waals surface area contributed by atoms with Gasteiger partial charge in [-0.05, 0) is 6.42 Å². The van der Waals surface area contributed by atoms with E-state index in [1.54, 1.807) is 0 Å². The van der Waals surface area contributed by atoms with Gasteiger partial charge in [0, 0.05) is 6.42 Å². The Morgan fingerprint density at radius 1 is 0.720 bits per heavy atom. The molecule has 0 fully saturated rings. The van der Waals surface area contributed by atoms with Gasteiger partial charge in [-0.3, -0.25) is 4.79 Å². The van der Waals surface area contributed by atoms with Gasteiger partial charge in [0.05, 0.1) is 0 Å². The molecule has 5 nitrogen and oxygen atoms in total. The number of rotatable bonds is 17. The Hall–Kier alpha value is -1.10. The van der Waals surface area contributed by atoms with Crippen molar-refractivity contribution in [3.63, 3.8) is 0 Å². The number of hydrogen-bond acceptors (Lipinski definition) is 4. The lowest BCUT2D eigenvalue weighted by atomic mass is 10.0. The average Bonchev–Trinajstić information content (AvgIpc) is 2.62. The molecule has 0 saturated heterocycles. The molecule has 2 N–H and O–H groups in total. The van der Waals surface area contributed by atoms with Crippen LogP contribution in [0.1, 0.15) is 110 Å². The summed E-state index contributed by atoms with van der Waals surface area (Å²) in [5.41, 5.74) is 1.90. The van der Waals surface area contributed by atoms with Gasteiger partial charge in [-0.25, -0.2) is 4.79 Å². The van der Waals surface area contributed by atoms with Crippen molar-refractivity contribution in [2.75, 3.05) is 6.61 Å². The van der Waals surface area contributed by atoms with Crippen LogP contribution in [0.2, 0.25) is 0 Å². The molecule has 0 aliphatic heterocycles. The zero-order chi connectivity index (χ0) is 18.6. The third-order valence-corrected chi connectivity index (χ3v) is 4.41. The quantitative estimate of drug-likeness (QED) is 0.289. The van der Waals surface area contributed by atoms with E-state index in [0.29, 0.717) is 6.42 Å². The molecule has 0 unspecified atom stereocenters. The van der Waals surface area contributed by atoms with Gasteiger partial charge in [-0.15, -0.1) is 0 Å². The Bertz CT molecular complexity index is 321. The molecule has 1 amide bonds. The molecular formula is C20H39NO4. The lowest BCUT2D eigenvalue weighted by Crippen LogP contribution is -2.29. The molecule has 25 heavy (non-hydrogen) atoms. The molecule has 0 bridgehead atoms. The highest BCUT2D eigenvalue weighted by atomic mass is 16.7. The minimum atomic E-state index is -0.704. The van der Waals surface area contributed by atoms with Crippen LogP contribution < -0.4 is 5.48 Å². The smallest absolute Gasteiger partial charge is 0.332 e. The van der Waals surface area contributed by atoms with E-state index in [1.807, 2.05) is 5.48 Å². The normalized spacial score (nSPS) is 10.6. The van der Waals surface area contributed by atoms with Crippen molar-refractivity contribution in [2.24, 2.45) is 0 Å². The number of hydrogen-bond donors (Lipinski definition) is 2. The summed E-state index contributed by atoms with van der Waals surface area (Å²) in [6.45, 7) is 1.59. The molecule has 0 aliphatic carbocycles. The Morgan fingerprint density at radius 3 is 1.52 bits per heavy atom. The van der Waals surface area contributed by atoms with Gasteiger partial charge in [0.2, 0.25) is 0 Å². The minimum absolute atomic E-state index is 0.309. The number of carbonyl (C=O) groups is 2. The number of nitrogens with one attached hydrogen (secondary N) is 1. The van der Waals surface area contributed by atoms with Crippen molar-refractivity contribution in [3.8, 4) is 0 Å². The molecule has 0 saturated carbocycles. The summed E-state index contributed by atoms with van der Waals surface area (Å²) in [6.07, 6.45) is 19.6. The molecule has 0 aromatic carbocycles. The van der Waals surface area contributed by atoms with E-state index in [0.717, 1.165) is 19.3 Å². The van der Waals surface area contributed by atoms with Gasteiger partial charge in [-0.1, -0.05) is 96.8 Å². The van der Waals surface area contributed by atoms with E-state index in [2.05, 4.69) is 11.8 Å². The summed E-state index contributed by atoms with van der Waals surface area (Å²) < 4.78 is 0. The number of amides is 1. The molecule has 5 heteroatoms. The fourth-order valence-corrected chi connectivity index (χ4v) is 2.84. The van der Waals surface area contributed by atoms with Crippen LogP contribution in [-0.2, 0) is 14.4 Å². The minimum Gasteiger partial charge on any atom is -0.386 e. The van der Waals surface area contributed by atoms with Crippen LogP contribution in [0.25, 0.3) is 0 Å². The van der Waals surface area contributed by atoms with E-state index in [9.17, 15) is 9.59 Å². The highest BCUT2D eigenvalue weighted by Gasteiger charge is 2.05. The van der Waals surface area contributed by atoms with Crippen molar-refractivity contribution in [1.29, 1.82) is 0 Å². The zero-order valence-electron chi connectivity index (χ0n) is 16.2. The lowest BCUT2D eigenvalue weighted by molar-refractivity contribution is -0.159. The van der Waals surface area contributed by atoms with Gasteiger partial charge >= 0.3 is 5.97 Å². The molecular weight excluding hydrogens is 318 g/mol. The number of carbonyl (C=O) groups excluding carboxylic acids is 2. The van der Waals surface area contributed by atoms with Crippen LogP contribution in [0.3, 0.4) is 0 Å². The SMILES string of the molecule is CCCCCCCCCCCCCCCCCC(=O)ONC(=O)CO. The first-order valence-corrected chi connectivity index (χ1v) is 10.3. The molecule has 0 radical (unpaired) electrons. The average molecular weight is 358 g/mol. The van der Waals surface area contributed by atoms with Crippen LogP contribution in [0.15, 0.2) is 0 Å². The number of unbranched alkanes of at least 4 members (excludes halogenated alkanes) is 14. The van der Waals surface area contributed by atoms with E-state index in [1.165, 1.54) is 77.0 Å². The molecule has 0 spiro atoms. The third kappa shape index (κ3) is 19.1. The first kappa shape index (κ1) is 23.9. The molecule has 0 heterocycles. The van der Waals surface area contributed by atoms with Crippen LogP contribution in [0.4, 0.5) is 0 Å². The predicted molar refractivity (Wildman–Crippen MR) is 101 cm³/mol. The predicted octanol–water partition coefficient (Wildman–Crippen LogP) is 4.81. The van der Waals surface area contributed by atoms with Crippen molar-refractivity contribution in [1.82, 2.24) is 5.48 Å².